The van der Waals surface area contributed by atoms with Gasteiger partial charge in [0, 0.05) is 12.0 Å². The standard InChI is InChI=1S/C25H37NO2/c1-2-3-4-5-6-7-8-9-10-11-12-13-17-20-23-24(21-27)26(23)25(28)22-18-15-14-16-19-22/h14-16,18-19,23-24,27H,2-13,21H2,1H3/t23-,24-,26?/m0/s1. The molecule has 1 N–H and O–H groups in total. The third-order valence-corrected chi connectivity index (χ3v) is 5.53. The minimum Gasteiger partial charge on any atom is -0.394 e. The summed E-state index contributed by atoms with van der Waals surface area (Å²) in [5.74, 6) is 6.38. The Hall–Kier alpha value is -1.79. The Balaban J connectivity index is 1.54. The van der Waals surface area contributed by atoms with Crippen LogP contribution in [0.4, 0.5) is 0 Å². The molecule has 0 bridgehead atoms. The third kappa shape index (κ3) is 7.68. The molecule has 0 unspecified atom stereocenters. The van der Waals surface area contributed by atoms with Gasteiger partial charge in [-0.3, -0.25) is 4.79 Å². The monoisotopic (exact) mass is 383 g/mol. The van der Waals surface area contributed by atoms with Crippen LogP contribution in [-0.2, 0) is 0 Å². The molecule has 0 saturated carbocycles. The molecule has 1 aliphatic rings. The highest BCUT2D eigenvalue weighted by Gasteiger charge is 2.49. The lowest BCUT2D eigenvalue weighted by atomic mass is 10.1. The van der Waals surface area contributed by atoms with E-state index in [2.05, 4.69) is 18.8 Å². The highest BCUT2D eigenvalue weighted by atomic mass is 16.3. The van der Waals surface area contributed by atoms with Crippen molar-refractivity contribution < 1.29 is 9.90 Å². The summed E-state index contributed by atoms with van der Waals surface area (Å²) in [7, 11) is 0. The predicted molar refractivity (Wildman–Crippen MR) is 116 cm³/mol. The van der Waals surface area contributed by atoms with Crippen molar-refractivity contribution in [3.8, 4) is 11.8 Å². The van der Waals surface area contributed by atoms with E-state index >= 15 is 0 Å². The molecule has 0 radical (unpaired) electrons. The average molecular weight is 384 g/mol. The number of unbranched alkanes of at least 4 members (excludes halogenated alkanes) is 11. The summed E-state index contributed by atoms with van der Waals surface area (Å²) in [6, 6.07) is 8.97. The lowest BCUT2D eigenvalue weighted by Crippen LogP contribution is -2.15. The van der Waals surface area contributed by atoms with Crippen LogP contribution in [0.15, 0.2) is 30.3 Å². The highest BCUT2D eigenvalue weighted by Crippen LogP contribution is 2.29. The summed E-state index contributed by atoms with van der Waals surface area (Å²) in [6.07, 6.45) is 15.6. The minimum absolute atomic E-state index is 0.0175. The maximum absolute atomic E-state index is 12.5. The zero-order valence-electron chi connectivity index (χ0n) is 17.5. The van der Waals surface area contributed by atoms with Crippen molar-refractivity contribution >= 4 is 5.91 Å². The number of carbonyl (C=O) groups is 1. The number of carbonyl (C=O) groups excluding carboxylic acids is 1. The van der Waals surface area contributed by atoms with E-state index in [4.69, 9.17) is 0 Å². The molecule has 1 aromatic carbocycles. The first-order valence-corrected chi connectivity index (χ1v) is 11.3. The summed E-state index contributed by atoms with van der Waals surface area (Å²) in [4.78, 5) is 14.2. The number of aliphatic hydroxyl groups excluding tert-OH is 1. The maximum Gasteiger partial charge on any atom is 0.255 e. The zero-order valence-corrected chi connectivity index (χ0v) is 17.5. The Bertz CT molecular complexity index is 616. The lowest BCUT2D eigenvalue weighted by molar-refractivity contribution is 0.0858. The van der Waals surface area contributed by atoms with Crippen molar-refractivity contribution in [2.24, 2.45) is 0 Å². The van der Waals surface area contributed by atoms with Crippen LogP contribution < -0.4 is 0 Å². The van der Waals surface area contributed by atoms with E-state index in [1.807, 2.05) is 30.3 Å². The first-order chi connectivity index (χ1) is 13.8. The van der Waals surface area contributed by atoms with Crippen LogP contribution in [-0.4, -0.2) is 34.6 Å². The molecule has 1 heterocycles. The van der Waals surface area contributed by atoms with Gasteiger partial charge in [0.15, 0.2) is 0 Å². The fourth-order valence-corrected chi connectivity index (χ4v) is 3.69. The molecule has 1 fully saturated rings. The van der Waals surface area contributed by atoms with Crippen LogP contribution in [0.3, 0.4) is 0 Å². The largest absolute Gasteiger partial charge is 0.394 e. The molecule has 28 heavy (non-hydrogen) atoms. The van der Waals surface area contributed by atoms with Gasteiger partial charge >= 0.3 is 0 Å². The van der Waals surface area contributed by atoms with Gasteiger partial charge in [-0.2, -0.15) is 0 Å². The molecule has 2 atom stereocenters. The van der Waals surface area contributed by atoms with Crippen molar-refractivity contribution in [3.63, 3.8) is 0 Å². The molecule has 3 heteroatoms. The number of benzene rings is 1. The third-order valence-electron chi connectivity index (χ3n) is 5.53. The first kappa shape index (κ1) is 22.5. The molecule has 2 rings (SSSR count). The van der Waals surface area contributed by atoms with Crippen LogP contribution in [0.1, 0.15) is 94.3 Å². The van der Waals surface area contributed by atoms with Crippen LogP contribution in [0.5, 0.6) is 0 Å². The van der Waals surface area contributed by atoms with Gasteiger partial charge in [0.2, 0.25) is 0 Å². The molecule has 0 spiro atoms. The minimum atomic E-state index is -0.141. The van der Waals surface area contributed by atoms with Gasteiger partial charge < -0.3 is 10.0 Å². The van der Waals surface area contributed by atoms with E-state index in [0.29, 0.717) is 5.56 Å². The smallest absolute Gasteiger partial charge is 0.255 e. The second-order valence-electron chi connectivity index (χ2n) is 7.88. The average Bonchev–Trinajstić information content (AvgIpc) is 3.44. The van der Waals surface area contributed by atoms with Gasteiger partial charge in [-0.1, -0.05) is 95.3 Å². The quantitative estimate of drug-likeness (QED) is 0.274. The molecule has 1 saturated heterocycles. The summed E-state index contributed by atoms with van der Waals surface area (Å²) in [5, 5.41) is 9.48. The molecular weight excluding hydrogens is 346 g/mol. The lowest BCUT2D eigenvalue weighted by Gasteiger charge is -2.02. The highest BCUT2D eigenvalue weighted by molar-refractivity contribution is 5.96. The number of amides is 1. The van der Waals surface area contributed by atoms with Gasteiger partial charge in [0.05, 0.1) is 12.6 Å². The van der Waals surface area contributed by atoms with Crippen LogP contribution in [0.2, 0.25) is 0 Å². The molecule has 1 aliphatic heterocycles. The summed E-state index contributed by atoms with van der Waals surface area (Å²) in [5.41, 5.74) is 0.663. The van der Waals surface area contributed by atoms with Crippen molar-refractivity contribution in [1.29, 1.82) is 0 Å². The number of rotatable bonds is 13. The number of hydrogen-bond acceptors (Lipinski definition) is 2. The molecule has 0 aromatic heterocycles. The van der Waals surface area contributed by atoms with Gasteiger partial charge in [0.25, 0.3) is 5.91 Å². The number of nitrogens with zero attached hydrogens (tertiary/aromatic N) is 1. The summed E-state index contributed by atoms with van der Waals surface area (Å²) >= 11 is 0. The Morgan fingerprint density at radius 1 is 0.929 bits per heavy atom. The van der Waals surface area contributed by atoms with Gasteiger partial charge in [-0.25, -0.2) is 0 Å². The zero-order chi connectivity index (χ0) is 20.0. The molecule has 0 aliphatic carbocycles. The Kier molecular flexibility index (Phi) is 10.8. The van der Waals surface area contributed by atoms with Crippen LogP contribution in [0, 0.1) is 11.8 Å². The second-order valence-corrected chi connectivity index (χ2v) is 7.88. The normalized spacial score (nSPS) is 17.9. The van der Waals surface area contributed by atoms with E-state index in [1.54, 1.807) is 4.90 Å². The van der Waals surface area contributed by atoms with E-state index in [-0.39, 0.29) is 24.6 Å². The fourth-order valence-electron chi connectivity index (χ4n) is 3.69. The molecule has 154 valence electrons. The van der Waals surface area contributed by atoms with Crippen LogP contribution >= 0.6 is 0 Å². The Morgan fingerprint density at radius 3 is 2.07 bits per heavy atom. The number of aliphatic hydroxyl groups is 1. The topological polar surface area (TPSA) is 40.3 Å². The summed E-state index contributed by atoms with van der Waals surface area (Å²) in [6.45, 7) is 2.25. The SMILES string of the molecule is CCCCCCCCCCCCCC#C[C@H]1[C@H](CO)N1C(=O)c1ccccc1. The molecule has 1 aromatic rings. The van der Waals surface area contributed by atoms with Gasteiger partial charge in [0.1, 0.15) is 6.04 Å². The second kappa shape index (κ2) is 13.4. The van der Waals surface area contributed by atoms with Gasteiger partial charge in [-0.05, 0) is 18.6 Å². The fraction of sp³-hybridized carbons (Fsp3) is 0.640. The van der Waals surface area contributed by atoms with E-state index in [1.165, 1.54) is 64.2 Å². The molecular formula is C25H37NO2. The molecule has 3 nitrogen and oxygen atoms in total. The Morgan fingerprint density at radius 2 is 1.50 bits per heavy atom. The molecule has 1 amide bonds. The van der Waals surface area contributed by atoms with Crippen molar-refractivity contribution in [2.75, 3.05) is 6.61 Å². The van der Waals surface area contributed by atoms with Crippen molar-refractivity contribution in [1.82, 2.24) is 4.90 Å². The van der Waals surface area contributed by atoms with Crippen molar-refractivity contribution in [3.05, 3.63) is 35.9 Å². The first-order valence-electron chi connectivity index (χ1n) is 11.3. The van der Waals surface area contributed by atoms with E-state index in [9.17, 15) is 9.90 Å². The maximum atomic E-state index is 12.5. The van der Waals surface area contributed by atoms with Gasteiger partial charge in [-0.15, -0.1) is 5.92 Å². The number of hydrogen-bond donors (Lipinski definition) is 1. The van der Waals surface area contributed by atoms with Crippen molar-refractivity contribution in [2.45, 2.75) is 96.1 Å². The summed E-state index contributed by atoms with van der Waals surface area (Å²) < 4.78 is 0. The predicted octanol–water partition coefficient (Wildman–Crippen LogP) is 5.58. The van der Waals surface area contributed by atoms with E-state index in [0.717, 1.165) is 12.8 Å². The van der Waals surface area contributed by atoms with Crippen LogP contribution in [0.25, 0.3) is 0 Å². The Labute approximate surface area is 171 Å². The van der Waals surface area contributed by atoms with E-state index < -0.39 is 0 Å².